The van der Waals surface area contributed by atoms with E-state index in [1.807, 2.05) is 35.7 Å². The molecule has 9 nitrogen and oxygen atoms in total. The van der Waals surface area contributed by atoms with Gasteiger partial charge in [0.2, 0.25) is 0 Å². The average Bonchev–Trinajstić information content (AvgIpc) is 3.43. The van der Waals surface area contributed by atoms with Gasteiger partial charge in [0.25, 0.3) is 0 Å². The first kappa shape index (κ1) is 18.9. The summed E-state index contributed by atoms with van der Waals surface area (Å²) in [5, 5.41) is 17.8. The molecule has 0 spiro atoms. The predicted molar refractivity (Wildman–Crippen MR) is 102 cm³/mol. The Balaban J connectivity index is 1.60. The van der Waals surface area contributed by atoms with Crippen molar-refractivity contribution in [3.63, 3.8) is 0 Å². The number of hydrogen-bond acceptors (Lipinski definition) is 5. The van der Waals surface area contributed by atoms with Gasteiger partial charge in [-0.1, -0.05) is 6.07 Å². The zero-order chi connectivity index (χ0) is 19.1. The van der Waals surface area contributed by atoms with Crippen molar-refractivity contribution in [3.05, 3.63) is 30.2 Å². The fourth-order valence-electron chi connectivity index (χ4n) is 2.86. The zero-order valence-corrected chi connectivity index (χ0v) is 15.8. The van der Waals surface area contributed by atoms with E-state index in [1.54, 1.807) is 6.92 Å². The number of rotatable bonds is 8. The highest BCUT2D eigenvalue weighted by atomic mass is 16.5. The van der Waals surface area contributed by atoms with Crippen LogP contribution in [0.2, 0.25) is 0 Å². The van der Waals surface area contributed by atoms with Crippen molar-refractivity contribution in [1.82, 2.24) is 30.5 Å². The lowest BCUT2D eigenvalue weighted by molar-refractivity contribution is 0.146. The van der Waals surface area contributed by atoms with Crippen LogP contribution in [0.5, 0.6) is 0 Å². The monoisotopic (exact) mass is 373 g/mol. The lowest BCUT2D eigenvalue weighted by atomic mass is 10.2. The highest BCUT2D eigenvalue weighted by Crippen LogP contribution is 2.32. The maximum Gasteiger partial charge on any atom is 0.407 e. The Morgan fingerprint density at radius 1 is 1.33 bits per heavy atom. The minimum Gasteiger partial charge on any atom is -0.450 e. The molecular weight excluding hydrogens is 346 g/mol. The molecule has 2 heterocycles. The quantitative estimate of drug-likeness (QED) is 0.476. The number of nitrogens with one attached hydrogen (secondary N) is 3. The highest BCUT2D eigenvalue weighted by Gasteiger charge is 2.32. The van der Waals surface area contributed by atoms with Crippen molar-refractivity contribution in [2.75, 3.05) is 19.7 Å². The second kappa shape index (κ2) is 9.20. The van der Waals surface area contributed by atoms with Gasteiger partial charge in [0, 0.05) is 19.3 Å². The third kappa shape index (κ3) is 5.32. The highest BCUT2D eigenvalue weighted by molar-refractivity contribution is 5.79. The lowest BCUT2D eigenvalue weighted by Gasteiger charge is -2.20. The number of hydrogen-bond donors (Lipinski definition) is 3. The van der Waals surface area contributed by atoms with Gasteiger partial charge < -0.3 is 20.7 Å². The molecule has 3 N–H and O–H groups in total. The van der Waals surface area contributed by atoms with Gasteiger partial charge in [-0.15, -0.1) is 10.2 Å². The summed E-state index contributed by atoms with van der Waals surface area (Å²) >= 11 is 0. The van der Waals surface area contributed by atoms with Crippen molar-refractivity contribution >= 4 is 17.7 Å². The van der Waals surface area contributed by atoms with Crippen molar-refractivity contribution < 1.29 is 9.53 Å². The number of alkyl carbamates (subject to hydrolysis) is 1. The number of amides is 1. The number of carbonyl (C=O) groups excluding carboxylic acids is 1. The molecule has 0 saturated heterocycles. The fourth-order valence-corrected chi connectivity index (χ4v) is 2.86. The van der Waals surface area contributed by atoms with Crippen molar-refractivity contribution in [1.29, 1.82) is 0 Å². The van der Waals surface area contributed by atoms with Crippen molar-refractivity contribution in [2.24, 2.45) is 10.9 Å². The summed E-state index contributed by atoms with van der Waals surface area (Å²) in [7, 11) is 0. The summed E-state index contributed by atoms with van der Waals surface area (Å²) in [6.45, 7) is 5.92. The summed E-state index contributed by atoms with van der Waals surface area (Å²) in [6, 6.07) is 5.80. The third-order valence-corrected chi connectivity index (χ3v) is 4.37. The summed E-state index contributed by atoms with van der Waals surface area (Å²) in [4.78, 5) is 16.3. The van der Waals surface area contributed by atoms with Gasteiger partial charge in [-0.2, -0.15) is 0 Å². The Morgan fingerprint density at radius 3 is 2.93 bits per heavy atom. The number of carbonyl (C=O) groups is 1. The van der Waals surface area contributed by atoms with Gasteiger partial charge in [-0.25, -0.2) is 9.79 Å². The molecule has 0 aromatic carbocycles. The normalized spacial score (nSPS) is 15.4. The molecule has 1 fully saturated rings. The van der Waals surface area contributed by atoms with E-state index in [-0.39, 0.29) is 12.1 Å². The van der Waals surface area contributed by atoms with Gasteiger partial charge in [-0.05, 0) is 44.7 Å². The van der Waals surface area contributed by atoms with Gasteiger partial charge in [0.05, 0.1) is 12.6 Å². The maximum absolute atomic E-state index is 11.7. The second-order valence-electron chi connectivity index (χ2n) is 6.43. The molecule has 9 heteroatoms. The summed E-state index contributed by atoms with van der Waals surface area (Å²) < 4.78 is 6.92. The van der Waals surface area contributed by atoms with E-state index in [9.17, 15) is 4.79 Å². The molecule has 1 unspecified atom stereocenters. The SMILES string of the molecule is CCNC(=NCc1nnc2ccccn12)NCC(NC(=O)OCC)C1CC1. The minimum absolute atomic E-state index is 0.0295. The van der Waals surface area contributed by atoms with Crippen LogP contribution in [0.25, 0.3) is 5.65 Å². The molecule has 3 rings (SSSR count). The number of fused-ring (bicyclic) bond motifs is 1. The molecule has 1 amide bonds. The number of aliphatic imine (C=N–C) groups is 1. The van der Waals surface area contributed by atoms with E-state index in [4.69, 9.17) is 4.74 Å². The van der Waals surface area contributed by atoms with E-state index < -0.39 is 0 Å². The molecule has 0 bridgehead atoms. The topological polar surface area (TPSA) is 105 Å². The largest absolute Gasteiger partial charge is 0.450 e. The molecule has 1 aliphatic carbocycles. The fraction of sp³-hybridized carbons (Fsp3) is 0.556. The standard InChI is InChI=1S/C18H27N7O2/c1-3-19-17(20-11-14(13-8-9-13)22-18(26)27-4-2)21-12-16-24-23-15-7-5-6-10-25(15)16/h5-7,10,13-14H,3-4,8-9,11-12H2,1-2H3,(H,22,26)(H2,19,20,21). The van der Waals surface area contributed by atoms with Crippen LogP contribution in [0.4, 0.5) is 4.79 Å². The molecule has 1 atom stereocenters. The van der Waals surface area contributed by atoms with Crippen LogP contribution in [0.1, 0.15) is 32.5 Å². The first-order chi connectivity index (χ1) is 13.2. The Morgan fingerprint density at radius 2 is 2.19 bits per heavy atom. The van der Waals surface area contributed by atoms with Gasteiger partial charge in [0.15, 0.2) is 17.4 Å². The van der Waals surface area contributed by atoms with E-state index in [0.29, 0.717) is 31.6 Å². The number of aromatic nitrogens is 3. The number of nitrogens with zero attached hydrogens (tertiary/aromatic N) is 4. The first-order valence-corrected chi connectivity index (χ1v) is 9.45. The molecule has 1 aliphatic rings. The average molecular weight is 373 g/mol. The Hall–Kier alpha value is -2.84. The smallest absolute Gasteiger partial charge is 0.407 e. The maximum atomic E-state index is 11.7. The number of guanidine groups is 1. The second-order valence-corrected chi connectivity index (χ2v) is 6.43. The molecule has 2 aromatic rings. The summed E-state index contributed by atoms with van der Waals surface area (Å²) in [5.41, 5.74) is 0.799. The van der Waals surface area contributed by atoms with Gasteiger partial charge >= 0.3 is 6.09 Å². The van der Waals surface area contributed by atoms with Crippen molar-refractivity contribution in [3.8, 4) is 0 Å². The Bertz CT molecular complexity index is 785. The zero-order valence-electron chi connectivity index (χ0n) is 15.8. The molecule has 146 valence electrons. The first-order valence-electron chi connectivity index (χ1n) is 9.45. The van der Waals surface area contributed by atoms with Gasteiger partial charge in [-0.3, -0.25) is 4.40 Å². The molecule has 0 radical (unpaired) electrons. The molecule has 27 heavy (non-hydrogen) atoms. The Labute approximate surface area is 158 Å². The van der Waals surface area contributed by atoms with Crippen LogP contribution in [0.15, 0.2) is 29.4 Å². The van der Waals surface area contributed by atoms with E-state index >= 15 is 0 Å². The predicted octanol–water partition coefficient (Wildman–Crippen LogP) is 1.31. The van der Waals surface area contributed by atoms with Crippen LogP contribution in [0.3, 0.4) is 0 Å². The van der Waals surface area contributed by atoms with E-state index in [0.717, 1.165) is 30.9 Å². The number of pyridine rings is 1. The lowest BCUT2D eigenvalue weighted by Crippen LogP contribution is -2.48. The van der Waals surface area contributed by atoms with Crippen LogP contribution in [-0.4, -0.2) is 52.4 Å². The van der Waals surface area contributed by atoms with E-state index in [1.165, 1.54) is 0 Å². The van der Waals surface area contributed by atoms with Crippen molar-refractivity contribution in [2.45, 2.75) is 39.3 Å². The van der Waals surface area contributed by atoms with Crippen LogP contribution in [0, 0.1) is 5.92 Å². The summed E-state index contributed by atoms with van der Waals surface area (Å²) in [5.74, 6) is 1.94. The van der Waals surface area contributed by atoms with Crippen LogP contribution < -0.4 is 16.0 Å². The van der Waals surface area contributed by atoms with Crippen LogP contribution >= 0.6 is 0 Å². The molecular formula is C18H27N7O2. The summed E-state index contributed by atoms with van der Waals surface area (Å²) in [6.07, 6.45) is 3.80. The minimum atomic E-state index is -0.368. The molecule has 0 aliphatic heterocycles. The van der Waals surface area contributed by atoms with E-state index in [2.05, 4.69) is 31.1 Å². The third-order valence-electron chi connectivity index (χ3n) is 4.37. The molecule has 1 saturated carbocycles. The Kier molecular flexibility index (Phi) is 6.45. The van der Waals surface area contributed by atoms with Crippen LogP contribution in [-0.2, 0) is 11.3 Å². The molecule has 2 aromatic heterocycles. The van der Waals surface area contributed by atoms with Gasteiger partial charge in [0.1, 0.15) is 6.54 Å². The number of ether oxygens (including phenoxy) is 1.